The summed E-state index contributed by atoms with van der Waals surface area (Å²) in [6.07, 6.45) is 8.72. The summed E-state index contributed by atoms with van der Waals surface area (Å²) in [5.41, 5.74) is 1.53. The van der Waals surface area contributed by atoms with Crippen LogP contribution < -0.4 is 0 Å². The number of allylic oxidation sites excluding steroid dienone is 1. The number of rotatable bonds is 1. The number of fused-ring (bicyclic) bond motifs is 7. The number of aliphatic hydroxyl groups excluding tert-OH is 2. The molecule has 1 aliphatic heterocycles. The fourth-order valence-electron chi connectivity index (χ4n) is 9.94. The SMILES string of the molecule is CO[C@H]1O[C@@H](O)C2C1=CC[C@H]1[C@]3(C)CC[C@H]4C(C)(C)CCC[C@]4(C)[C@H]3C[C@@H](O)[C@]21C. The van der Waals surface area contributed by atoms with Gasteiger partial charge >= 0.3 is 0 Å². The van der Waals surface area contributed by atoms with Crippen LogP contribution in [0.4, 0.5) is 0 Å². The molecule has 1 saturated heterocycles. The Morgan fingerprint density at radius 2 is 1.67 bits per heavy atom. The van der Waals surface area contributed by atoms with E-state index in [4.69, 9.17) is 9.47 Å². The van der Waals surface area contributed by atoms with Gasteiger partial charge in [0.2, 0.25) is 0 Å². The molecular formula is C26H42O4. The summed E-state index contributed by atoms with van der Waals surface area (Å²) in [5, 5.41) is 22.6. The molecule has 2 N–H and O–H groups in total. The Balaban J connectivity index is 1.58. The summed E-state index contributed by atoms with van der Waals surface area (Å²) in [7, 11) is 1.64. The molecule has 4 heteroatoms. The van der Waals surface area contributed by atoms with Gasteiger partial charge in [-0.25, -0.2) is 0 Å². The van der Waals surface area contributed by atoms with Gasteiger partial charge in [-0.1, -0.05) is 47.1 Å². The molecule has 5 rings (SSSR count). The topological polar surface area (TPSA) is 58.9 Å². The number of methoxy groups -OCH3 is 1. The Kier molecular flexibility index (Phi) is 4.68. The molecule has 1 heterocycles. The van der Waals surface area contributed by atoms with Crippen molar-refractivity contribution >= 4 is 0 Å². The second kappa shape index (κ2) is 6.56. The monoisotopic (exact) mass is 418 g/mol. The first-order valence-electron chi connectivity index (χ1n) is 12.2. The van der Waals surface area contributed by atoms with Gasteiger partial charge in [-0.3, -0.25) is 0 Å². The minimum Gasteiger partial charge on any atom is -0.393 e. The fraction of sp³-hybridized carbons (Fsp3) is 0.923. The lowest BCUT2D eigenvalue weighted by molar-refractivity contribution is -0.251. The number of hydrogen-bond acceptors (Lipinski definition) is 4. The third kappa shape index (κ3) is 2.48. The molecule has 3 saturated carbocycles. The first-order valence-corrected chi connectivity index (χ1v) is 12.2. The van der Waals surface area contributed by atoms with Crippen molar-refractivity contribution in [3.8, 4) is 0 Å². The van der Waals surface area contributed by atoms with Gasteiger partial charge in [-0.15, -0.1) is 0 Å². The maximum absolute atomic E-state index is 11.7. The van der Waals surface area contributed by atoms with Crippen molar-refractivity contribution in [2.24, 2.45) is 45.3 Å². The summed E-state index contributed by atoms with van der Waals surface area (Å²) in [5.74, 6) is 1.44. The van der Waals surface area contributed by atoms with E-state index in [9.17, 15) is 10.2 Å². The van der Waals surface area contributed by atoms with E-state index >= 15 is 0 Å². The van der Waals surface area contributed by atoms with Crippen LogP contribution in [0.15, 0.2) is 11.6 Å². The van der Waals surface area contributed by atoms with Gasteiger partial charge in [0.25, 0.3) is 0 Å². The first kappa shape index (κ1) is 21.4. The first-order chi connectivity index (χ1) is 14.0. The van der Waals surface area contributed by atoms with E-state index in [1.54, 1.807) is 7.11 Å². The summed E-state index contributed by atoms with van der Waals surface area (Å²) in [4.78, 5) is 0. The third-order valence-electron chi connectivity index (χ3n) is 11.2. The molecular weight excluding hydrogens is 376 g/mol. The molecule has 0 aromatic carbocycles. The summed E-state index contributed by atoms with van der Waals surface area (Å²) < 4.78 is 11.3. The van der Waals surface area contributed by atoms with Crippen LogP contribution in [0, 0.1) is 45.3 Å². The van der Waals surface area contributed by atoms with Gasteiger partial charge in [-0.05, 0) is 78.1 Å². The predicted molar refractivity (Wildman–Crippen MR) is 116 cm³/mol. The van der Waals surface area contributed by atoms with Crippen molar-refractivity contribution in [2.75, 3.05) is 7.11 Å². The van der Waals surface area contributed by atoms with E-state index in [0.717, 1.165) is 24.3 Å². The van der Waals surface area contributed by atoms with Gasteiger partial charge in [-0.2, -0.15) is 0 Å². The molecule has 30 heavy (non-hydrogen) atoms. The minimum absolute atomic E-state index is 0.178. The second-order valence-electron chi connectivity index (χ2n) is 12.7. The number of aliphatic hydroxyl groups is 2. The van der Waals surface area contributed by atoms with Crippen LogP contribution in [-0.2, 0) is 9.47 Å². The van der Waals surface area contributed by atoms with Crippen molar-refractivity contribution in [1.29, 1.82) is 0 Å². The van der Waals surface area contributed by atoms with Gasteiger partial charge in [0, 0.05) is 18.4 Å². The maximum Gasteiger partial charge on any atom is 0.183 e. The molecule has 170 valence electrons. The number of hydrogen-bond donors (Lipinski definition) is 2. The Bertz CT molecular complexity index is 745. The van der Waals surface area contributed by atoms with E-state index in [1.807, 2.05) is 0 Å². The van der Waals surface area contributed by atoms with Crippen molar-refractivity contribution < 1.29 is 19.7 Å². The average molecular weight is 419 g/mol. The molecule has 4 aliphatic carbocycles. The van der Waals surface area contributed by atoms with E-state index in [1.165, 1.54) is 32.1 Å². The van der Waals surface area contributed by atoms with E-state index in [0.29, 0.717) is 22.7 Å². The average Bonchev–Trinajstić information content (AvgIpc) is 3.00. The highest BCUT2D eigenvalue weighted by atomic mass is 16.7. The van der Waals surface area contributed by atoms with Crippen LogP contribution in [0.2, 0.25) is 0 Å². The minimum atomic E-state index is -0.899. The molecule has 4 fully saturated rings. The standard InChI is InChI=1S/C26H42O4/c1-23(2)11-7-12-24(3)16(23)10-13-25(4)17-9-8-15-20(21(28)30-22(15)29-6)26(17,5)19(27)14-18(24)25/h8,16-22,27-28H,7,9-14H2,1-6H3/t16-,17-,18+,19+,20?,21+,22-,24-,25-,26+/m0/s1. The van der Waals surface area contributed by atoms with Crippen molar-refractivity contribution in [2.45, 2.75) is 98.2 Å². The summed E-state index contributed by atoms with van der Waals surface area (Å²) >= 11 is 0. The van der Waals surface area contributed by atoms with Crippen LogP contribution in [0.5, 0.6) is 0 Å². The summed E-state index contributed by atoms with van der Waals surface area (Å²) in [6, 6.07) is 0. The Labute approximate surface area is 182 Å². The Morgan fingerprint density at radius 1 is 0.967 bits per heavy atom. The molecule has 10 atom stereocenters. The molecule has 1 unspecified atom stereocenters. The predicted octanol–water partition coefficient (Wildman–Crippen LogP) is 4.89. The quantitative estimate of drug-likeness (QED) is 0.595. The molecule has 0 amide bonds. The molecule has 0 aromatic rings. The van der Waals surface area contributed by atoms with Gasteiger partial charge in [0.1, 0.15) is 0 Å². The molecule has 5 aliphatic rings. The third-order valence-corrected chi connectivity index (χ3v) is 11.2. The largest absolute Gasteiger partial charge is 0.393 e. The van der Waals surface area contributed by atoms with Crippen LogP contribution in [-0.4, -0.2) is 36.0 Å². The van der Waals surface area contributed by atoms with Crippen LogP contribution in [0.25, 0.3) is 0 Å². The second-order valence-corrected chi connectivity index (χ2v) is 12.7. The smallest absolute Gasteiger partial charge is 0.183 e. The Morgan fingerprint density at radius 3 is 2.37 bits per heavy atom. The van der Waals surface area contributed by atoms with E-state index < -0.39 is 18.7 Å². The van der Waals surface area contributed by atoms with Gasteiger partial charge in [0.15, 0.2) is 12.6 Å². The highest BCUT2D eigenvalue weighted by Gasteiger charge is 2.69. The van der Waals surface area contributed by atoms with Crippen LogP contribution in [0.1, 0.15) is 79.6 Å². The zero-order valence-electron chi connectivity index (χ0n) is 19.8. The lowest BCUT2D eigenvalue weighted by atomic mass is 9.34. The van der Waals surface area contributed by atoms with E-state index in [2.05, 4.69) is 40.7 Å². The molecule has 0 bridgehead atoms. The zero-order valence-corrected chi connectivity index (χ0v) is 19.8. The highest BCUT2D eigenvalue weighted by Crippen LogP contribution is 2.73. The normalized spacial score (nSPS) is 56.9. The molecule has 0 spiro atoms. The van der Waals surface area contributed by atoms with Crippen molar-refractivity contribution in [1.82, 2.24) is 0 Å². The molecule has 0 radical (unpaired) electrons. The lowest BCUT2D eigenvalue weighted by Crippen LogP contribution is -2.66. The molecule has 0 aromatic heterocycles. The number of ether oxygens (including phenoxy) is 2. The fourth-order valence-corrected chi connectivity index (χ4v) is 9.94. The van der Waals surface area contributed by atoms with Gasteiger partial charge < -0.3 is 19.7 Å². The Hall–Kier alpha value is -0.420. The lowest BCUT2D eigenvalue weighted by Gasteiger charge is -2.70. The van der Waals surface area contributed by atoms with Crippen LogP contribution >= 0.6 is 0 Å². The molecule has 4 nitrogen and oxygen atoms in total. The van der Waals surface area contributed by atoms with Crippen molar-refractivity contribution in [3.63, 3.8) is 0 Å². The highest BCUT2D eigenvalue weighted by molar-refractivity contribution is 5.28. The van der Waals surface area contributed by atoms with Crippen molar-refractivity contribution in [3.05, 3.63) is 11.6 Å². The van der Waals surface area contributed by atoms with Crippen LogP contribution in [0.3, 0.4) is 0 Å². The summed E-state index contributed by atoms with van der Waals surface area (Å²) in [6.45, 7) is 12.3. The van der Waals surface area contributed by atoms with E-state index in [-0.39, 0.29) is 16.7 Å². The van der Waals surface area contributed by atoms with Gasteiger partial charge in [0.05, 0.1) is 6.10 Å². The zero-order chi connectivity index (χ0) is 21.7. The maximum atomic E-state index is 11.7.